The van der Waals surface area contributed by atoms with Gasteiger partial charge in [0.25, 0.3) is 0 Å². The summed E-state index contributed by atoms with van der Waals surface area (Å²) in [4.78, 5) is 25.2. The summed E-state index contributed by atoms with van der Waals surface area (Å²) in [5.74, 6) is 0. The summed E-state index contributed by atoms with van der Waals surface area (Å²) in [5.41, 5.74) is 7.93. The van der Waals surface area contributed by atoms with E-state index in [1.54, 1.807) is 37.4 Å². The Bertz CT molecular complexity index is 1320. The van der Waals surface area contributed by atoms with Crippen molar-refractivity contribution in [2.45, 2.75) is 0 Å². The fourth-order valence-corrected chi connectivity index (χ4v) is 3.65. The molecule has 0 radical (unpaired) electrons. The van der Waals surface area contributed by atoms with Crippen LogP contribution >= 0.6 is 0 Å². The van der Waals surface area contributed by atoms with E-state index in [0.717, 1.165) is 45.0 Å². The molecule has 0 atom stereocenters. The van der Waals surface area contributed by atoms with Crippen molar-refractivity contribution in [2.75, 3.05) is 0 Å². The molecule has 164 valence electrons. The number of nitrogens with zero attached hydrogens (tertiary/aromatic N) is 6. The van der Waals surface area contributed by atoms with Crippen molar-refractivity contribution < 1.29 is 19.5 Å². The van der Waals surface area contributed by atoms with Gasteiger partial charge in [0.2, 0.25) is 0 Å². The topological polar surface area (TPSA) is 79.8 Å². The second-order valence-corrected chi connectivity index (χ2v) is 7.34. The number of hydrogen-bond acceptors (Lipinski definition) is 4. The van der Waals surface area contributed by atoms with E-state index in [4.69, 9.17) is 0 Å². The molecule has 2 aromatic carbocycles. The molecule has 7 heteroatoms. The zero-order chi connectivity index (χ0) is 23.0. The Kier molecular flexibility index (Phi) is 8.05. The smallest absolute Gasteiger partial charge is 0.449 e. The Morgan fingerprint density at radius 3 is 1.20 bits per heavy atom. The van der Waals surface area contributed by atoms with Crippen molar-refractivity contribution in [3.8, 4) is 45.0 Å². The second kappa shape index (κ2) is 11.8. The number of imidazole rings is 2. The second-order valence-electron chi connectivity index (χ2n) is 7.34. The molecule has 6 nitrogen and oxygen atoms in total. The van der Waals surface area contributed by atoms with Gasteiger partial charge in [0.1, 0.15) is 0 Å². The summed E-state index contributed by atoms with van der Waals surface area (Å²) in [5, 5.41) is 0. The Morgan fingerprint density at radius 1 is 0.457 bits per heavy atom. The Hall–Kier alpha value is -4.22. The van der Waals surface area contributed by atoms with Crippen LogP contribution in [0.2, 0.25) is 0 Å². The molecule has 0 saturated heterocycles. The SMILES string of the molecule is [Zn+2].c1ccc(-c2ccccc2-c2cnc[n-]2)nc1.c1ccc(-c2ccccc2-c2cnc[n-]2)nc1. The van der Waals surface area contributed by atoms with E-state index in [0.29, 0.717) is 0 Å². The maximum absolute atomic E-state index is 4.37. The number of hydrogen-bond donors (Lipinski definition) is 0. The van der Waals surface area contributed by atoms with Crippen LogP contribution in [0.25, 0.3) is 45.0 Å². The molecular formula is C28H20N6Zn. The first kappa shape index (κ1) is 23.9. The van der Waals surface area contributed by atoms with Gasteiger partial charge in [-0.3, -0.25) is 9.97 Å². The van der Waals surface area contributed by atoms with E-state index in [1.165, 1.54) is 0 Å². The Balaban J connectivity index is 0.000000160. The van der Waals surface area contributed by atoms with Crippen molar-refractivity contribution in [3.63, 3.8) is 0 Å². The molecule has 6 rings (SSSR count). The molecule has 4 aromatic heterocycles. The standard InChI is InChI=1S/2C14H10N3.Zn/c2*1-2-6-12(14-9-15-10-17-14)11(5-1)13-7-3-4-8-16-13;/h2*1-10H;/q2*-1;+2. The first-order valence-electron chi connectivity index (χ1n) is 10.8. The molecule has 0 bridgehead atoms. The van der Waals surface area contributed by atoms with Crippen LogP contribution in [0.15, 0.2) is 122 Å². The molecule has 0 unspecified atom stereocenters. The third kappa shape index (κ3) is 5.65. The Morgan fingerprint density at radius 2 is 0.857 bits per heavy atom. The molecule has 0 N–H and O–H groups in total. The van der Waals surface area contributed by atoms with Crippen LogP contribution in [0.3, 0.4) is 0 Å². The van der Waals surface area contributed by atoms with Gasteiger partial charge in [-0.15, -0.1) is 0 Å². The molecule has 0 aliphatic heterocycles. The van der Waals surface area contributed by atoms with Gasteiger partial charge in [0.15, 0.2) is 0 Å². The normalized spacial score (nSPS) is 10.1. The van der Waals surface area contributed by atoms with E-state index in [2.05, 4.69) is 29.9 Å². The van der Waals surface area contributed by atoms with E-state index in [9.17, 15) is 0 Å². The number of pyridine rings is 2. The Labute approximate surface area is 216 Å². The van der Waals surface area contributed by atoms with E-state index >= 15 is 0 Å². The molecule has 0 aliphatic carbocycles. The average Bonchev–Trinajstić information content (AvgIpc) is 3.65. The van der Waals surface area contributed by atoms with Gasteiger partial charge in [0.05, 0.1) is 11.4 Å². The first-order valence-corrected chi connectivity index (χ1v) is 10.8. The monoisotopic (exact) mass is 504 g/mol. The van der Waals surface area contributed by atoms with Gasteiger partial charge >= 0.3 is 19.5 Å². The molecule has 0 aliphatic rings. The van der Waals surface area contributed by atoms with Gasteiger partial charge in [-0.25, -0.2) is 0 Å². The van der Waals surface area contributed by atoms with Gasteiger partial charge in [-0.1, -0.05) is 85.7 Å². The summed E-state index contributed by atoms with van der Waals surface area (Å²) < 4.78 is 0. The molecule has 6 aromatic rings. The first-order chi connectivity index (χ1) is 16.9. The summed E-state index contributed by atoms with van der Waals surface area (Å²) >= 11 is 0. The third-order valence-electron chi connectivity index (χ3n) is 5.21. The number of aromatic nitrogens is 6. The predicted octanol–water partition coefficient (Wildman–Crippen LogP) is 5.53. The van der Waals surface area contributed by atoms with E-state index < -0.39 is 0 Å². The maximum Gasteiger partial charge on any atom is 2.00 e. The molecule has 4 heterocycles. The number of rotatable bonds is 4. The molecule has 0 saturated carbocycles. The maximum atomic E-state index is 4.37. The zero-order valence-electron chi connectivity index (χ0n) is 18.9. The van der Waals surface area contributed by atoms with Crippen LogP contribution in [0, 0.1) is 0 Å². The molecule has 35 heavy (non-hydrogen) atoms. The fraction of sp³-hybridized carbons (Fsp3) is 0. The van der Waals surface area contributed by atoms with Crippen molar-refractivity contribution in [1.82, 2.24) is 29.9 Å². The number of benzene rings is 2. The largest absolute Gasteiger partial charge is 2.00 e. The van der Waals surface area contributed by atoms with Gasteiger partial charge in [0, 0.05) is 23.5 Å². The van der Waals surface area contributed by atoms with Crippen LogP contribution in [0.1, 0.15) is 0 Å². The van der Waals surface area contributed by atoms with Gasteiger partial charge in [-0.2, -0.15) is 0 Å². The molecule has 0 amide bonds. The van der Waals surface area contributed by atoms with Crippen LogP contribution in [0.5, 0.6) is 0 Å². The summed E-state index contributed by atoms with van der Waals surface area (Å²) in [7, 11) is 0. The minimum absolute atomic E-state index is 0. The van der Waals surface area contributed by atoms with Gasteiger partial charge in [-0.05, 0) is 46.8 Å². The zero-order valence-corrected chi connectivity index (χ0v) is 21.9. The summed E-state index contributed by atoms with van der Waals surface area (Å²) in [6.07, 6.45) is 10.2. The van der Waals surface area contributed by atoms with E-state index in [-0.39, 0.29) is 19.5 Å². The third-order valence-corrected chi connectivity index (χ3v) is 5.21. The minimum Gasteiger partial charge on any atom is -0.449 e. The van der Waals surface area contributed by atoms with Crippen molar-refractivity contribution in [2.24, 2.45) is 0 Å². The molecule has 0 spiro atoms. The molecular weight excluding hydrogens is 486 g/mol. The molecule has 0 fully saturated rings. The van der Waals surface area contributed by atoms with Crippen molar-refractivity contribution >= 4 is 0 Å². The summed E-state index contributed by atoms with van der Waals surface area (Å²) in [6, 6.07) is 27.9. The minimum atomic E-state index is 0. The van der Waals surface area contributed by atoms with Crippen molar-refractivity contribution in [1.29, 1.82) is 0 Å². The summed E-state index contributed by atoms with van der Waals surface area (Å²) in [6.45, 7) is 0. The predicted molar refractivity (Wildman–Crippen MR) is 132 cm³/mol. The van der Waals surface area contributed by atoms with Crippen LogP contribution < -0.4 is 9.97 Å². The fourth-order valence-electron chi connectivity index (χ4n) is 3.65. The van der Waals surface area contributed by atoms with Crippen LogP contribution in [-0.2, 0) is 19.5 Å². The van der Waals surface area contributed by atoms with E-state index in [1.807, 2.05) is 84.9 Å². The van der Waals surface area contributed by atoms with Crippen molar-refractivity contribution in [3.05, 3.63) is 122 Å². The average molecular weight is 506 g/mol. The van der Waals surface area contributed by atoms with Gasteiger partial charge < -0.3 is 19.9 Å². The van der Waals surface area contributed by atoms with Crippen LogP contribution in [0.4, 0.5) is 0 Å². The quantitative estimate of drug-likeness (QED) is 0.293. The van der Waals surface area contributed by atoms with Crippen LogP contribution in [-0.4, -0.2) is 19.9 Å².